The molecule has 116 valence electrons. The molecule has 5 heteroatoms. The van der Waals surface area contributed by atoms with E-state index in [1.807, 2.05) is 27.7 Å². The average molecular weight is 308 g/mol. The minimum absolute atomic E-state index is 0.112. The van der Waals surface area contributed by atoms with Crippen molar-refractivity contribution in [2.45, 2.75) is 38.6 Å². The molecular formula is C16H24N2O2S. The molecule has 2 N–H and O–H groups in total. The molecule has 0 aromatic heterocycles. The van der Waals surface area contributed by atoms with Gasteiger partial charge in [0.15, 0.2) is 0 Å². The molecule has 4 nitrogen and oxygen atoms in total. The summed E-state index contributed by atoms with van der Waals surface area (Å²) in [5.74, 6) is 5.62. The highest BCUT2D eigenvalue weighted by molar-refractivity contribution is 7.89. The maximum Gasteiger partial charge on any atom is 0.243 e. The zero-order valence-electron chi connectivity index (χ0n) is 13.3. The van der Waals surface area contributed by atoms with Gasteiger partial charge in [-0.2, -0.15) is 4.31 Å². The Morgan fingerprint density at radius 2 is 1.76 bits per heavy atom. The largest absolute Gasteiger partial charge is 0.320 e. The van der Waals surface area contributed by atoms with Gasteiger partial charge < -0.3 is 5.73 Å². The molecule has 0 bridgehead atoms. The number of sulfonamides is 1. The molecule has 0 fully saturated rings. The second-order valence-corrected chi connectivity index (χ2v) is 8.09. The van der Waals surface area contributed by atoms with E-state index in [-0.39, 0.29) is 22.9 Å². The van der Waals surface area contributed by atoms with E-state index >= 15 is 0 Å². The van der Waals surface area contributed by atoms with E-state index in [4.69, 9.17) is 5.73 Å². The van der Waals surface area contributed by atoms with Gasteiger partial charge in [-0.3, -0.25) is 0 Å². The van der Waals surface area contributed by atoms with Crippen molar-refractivity contribution < 1.29 is 8.42 Å². The van der Waals surface area contributed by atoms with E-state index in [2.05, 4.69) is 11.8 Å². The maximum absolute atomic E-state index is 12.6. The van der Waals surface area contributed by atoms with Gasteiger partial charge in [0.2, 0.25) is 10.0 Å². The molecule has 21 heavy (non-hydrogen) atoms. The third kappa shape index (κ3) is 4.31. The van der Waals surface area contributed by atoms with Gasteiger partial charge in [0.1, 0.15) is 0 Å². The summed E-state index contributed by atoms with van der Waals surface area (Å²) in [5, 5.41) is 0. The summed E-state index contributed by atoms with van der Waals surface area (Å²) in [5.41, 5.74) is 5.94. The Morgan fingerprint density at radius 1 is 1.24 bits per heavy atom. The van der Waals surface area contributed by atoms with Crippen molar-refractivity contribution in [1.82, 2.24) is 4.31 Å². The van der Waals surface area contributed by atoms with Crippen molar-refractivity contribution in [3.05, 3.63) is 29.8 Å². The number of nitrogens with zero attached hydrogens (tertiary/aromatic N) is 1. The zero-order chi connectivity index (χ0) is 16.3. The van der Waals surface area contributed by atoms with Gasteiger partial charge in [0, 0.05) is 18.7 Å². The normalized spacial score (nSPS) is 13.7. The van der Waals surface area contributed by atoms with Gasteiger partial charge >= 0.3 is 0 Å². The fraction of sp³-hybridized carbons (Fsp3) is 0.500. The highest BCUT2D eigenvalue weighted by Crippen LogP contribution is 2.27. The first-order valence-corrected chi connectivity index (χ1v) is 8.31. The summed E-state index contributed by atoms with van der Waals surface area (Å²) < 4.78 is 26.7. The lowest BCUT2D eigenvalue weighted by atomic mass is 9.88. The molecule has 0 saturated heterocycles. The SMILES string of the molecule is CC(N(C)S(=O)(=O)c1ccc(C#CCN)cc1)C(C)(C)C. The highest BCUT2D eigenvalue weighted by atomic mass is 32.2. The van der Waals surface area contributed by atoms with Crippen LogP contribution in [0.15, 0.2) is 29.2 Å². The number of hydrogen-bond acceptors (Lipinski definition) is 3. The van der Waals surface area contributed by atoms with Crippen molar-refractivity contribution in [2.24, 2.45) is 11.1 Å². The van der Waals surface area contributed by atoms with Crippen LogP contribution in [-0.4, -0.2) is 32.4 Å². The third-order valence-electron chi connectivity index (χ3n) is 3.66. The van der Waals surface area contributed by atoms with Crippen LogP contribution in [0.3, 0.4) is 0 Å². The number of rotatable bonds is 3. The standard InChI is InChI=1S/C16H24N2O2S/c1-13(16(2,3)4)18(5)21(19,20)15-10-8-14(9-11-15)7-6-12-17/h8-11,13H,12,17H2,1-5H3. The van der Waals surface area contributed by atoms with Crippen molar-refractivity contribution in [3.63, 3.8) is 0 Å². The minimum Gasteiger partial charge on any atom is -0.320 e. The van der Waals surface area contributed by atoms with Crippen LogP contribution in [0.5, 0.6) is 0 Å². The summed E-state index contributed by atoms with van der Waals surface area (Å²) in [4.78, 5) is 0.277. The summed E-state index contributed by atoms with van der Waals surface area (Å²) in [6, 6.07) is 6.46. The monoisotopic (exact) mass is 308 g/mol. The summed E-state index contributed by atoms with van der Waals surface area (Å²) in [6.07, 6.45) is 0. The van der Waals surface area contributed by atoms with Crippen molar-refractivity contribution in [2.75, 3.05) is 13.6 Å². The van der Waals surface area contributed by atoms with Gasteiger partial charge in [0.05, 0.1) is 11.4 Å². The molecular weight excluding hydrogens is 284 g/mol. The molecule has 0 amide bonds. The summed E-state index contributed by atoms with van der Waals surface area (Å²) in [6.45, 7) is 8.27. The molecule has 1 aromatic rings. The lowest BCUT2D eigenvalue weighted by Gasteiger charge is -2.34. The molecule has 0 saturated carbocycles. The van der Waals surface area contributed by atoms with Crippen LogP contribution < -0.4 is 5.73 Å². The summed E-state index contributed by atoms with van der Waals surface area (Å²) in [7, 11) is -1.88. The van der Waals surface area contributed by atoms with Crippen LogP contribution in [0.25, 0.3) is 0 Å². The predicted molar refractivity (Wildman–Crippen MR) is 86.2 cm³/mol. The predicted octanol–water partition coefficient (Wildman–Crippen LogP) is 2.05. The quantitative estimate of drug-likeness (QED) is 0.869. The lowest BCUT2D eigenvalue weighted by Crippen LogP contribution is -2.42. The van der Waals surface area contributed by atoms with Gasteiger partial charge in [-0.05, 0) is 36.6 Å². The van der Waals surface area contributed by atoms with Crippen molar-refractivity contribution in [3.8, 4) is 11.8 Å². The molecule has 0 radical (unpaired) electrons. The van der Waals surface area contributed by atoms with Crippen molar-refractivity contribution in [1.29, 1.82) is 0 Å². The van der Waals surface area contributed by atoms with Gasteiger partial charge in [-0.25, -0.2) is 8.42 Å². The molecule has 1 atom stereocenters. The second kappa shape index (κ2) is 6.61. The summed E-state index contributed by atoms with van der Waals surface area (Å²) >= 11 is 0. The van der Waals surface area contributed by atoms with Crippen molar-refractivity contribution >= 4 is 10.0 Å². The second-order valence-electron chi connectivity index (χ2n) is 6.09. The smallest absolute Gasteiger partial charge is 0.243 e. The Bertz CT molecular complexity index is 632. The Morgan fingerprint density at radius 3 is 2.19 bits per heavy atom. The maximum atomic E-state index is 12.6. The Hall–Kier alpha value is -1.35. The molecule has 0 aliphatic heterocycles. The van der Waals surface area contributed by atoms with Crippen LogP contribution >= 0.6 is 0 Å². The number of hydrogen-bond donors (Lipinski definition) is 1. The Labute approximate surface area is 128 Å². The fourth-order valence-corrected chi connectivity index (χ4v) is 3.33. The molecule has 0 spiro atoms. The van der Waals surface area contributed by atoms with E-state index in [0.717, 1.165) is 5.56 Å². The first kappa shape index (κ1) is 17.7. The Balaban J connectivity index is 3.08. The lowest BCUT2D eigenvalue weighted by molar-refractivity contribution is 0.216. The molecule has 0 aliphatic carbocycles. The Kier molecular flexibility index (Phi) is 5.57. The van der Waals surface area contributed by atoms with Gasteiger partial charge in [-0.1, -0.05) is 32.6 Å². The van der Waals surface area contributed by atoms with Crippen LogP contribution in [0, 0.1) is 17.3 Å². The van der Waals surface area contributed by atoms with E-state index in [1.165, 1.54) is 4.31 Å². The van der Waals surface area contributed by atoms with Crippen LogP contribution in [0.4, 0.5) is 0 Å². The molecule has 1 unspecified atom stereocenters. The first-order valence-electron chi connectivity index (χ1n) is 6.87. The molecule has 1 rings (SSSR count). The number of nitrogens with two attached hydrogens (primary N) is 1. The minimum atomic E-state index is -3.50. The highest BCUT2D eigenvalue weighted by Gasteiger charge is 2.32. The van der Waals surface area contributed by atoms with E-state index in [0.29, 0.717) is 0 Å². The molecule has 0 heterocycles. The van der Waals surface area contributed by atoms with E-state index in [1.54, 1.807) is 31.3 Å². The average Bonchev–Trinajstić information content (AvgIpc) is 2.42. The van der Waals surface area contributed by atoms with Gasteiger partial charge in [0.25, 0.3) is 0 Å². The van der Waals surface area contributed by atoms with Crippen LogP contribution in [0.1, 0.15) is 33.3 Å². The van der Waals surface area contributed by atoms with Gasteiger partial charge in [-0.15, -0.1) is 0 Å². The molecule has 0 aliphatic rings. The van der Waals surface area contributed by atoms with E-state index < -0.39 is 10.0 Å². The third-order valence-corrected chi connectivity index (χ3v) is 5.61. The zero-order valence-corrected chi connectivity index (χ0v) is 14.2. The molecule has 1 aromatic carbocycles. The number of benzene rings is 1. The van der Waals surface area contributed by atoms with Crippen LogP contribution in [0.2, 0.25) is 0 Å². The topological polar surface area (TPSA) is 63.4 Å². The fourth-order valence-electron chi connectivity index (χ4n) is 1.78. The van der Waals surface area contributed by atoms with Crippen LogP contribution in [-0.2, 0) is 10.0 Å². The van der Waals surface area contributed by atoms with E-state index in [9.17, 15) is 8.42 Å². The first-order chi connectivity index (χ1) is 9.60.